The molecule has 9 aromatic rings. The van der Waals surface area contributed by atoms with E-state index in [-0.39, 0.29) is 18.1 Å². The largest absolute Gasteiger partial charge is 0.365 e. The predicted octanol–water partition coefficient (Wildman–Crippen LogP) is 16.6. The van der Waals surface area contributed by atoms with Crippen LogP contribution in [0, 0.1) is 20.8 Å². The van der Waals surface area contributed by atoms with Gasteiger partial charge < -0.3 is 30.0 Å². The van der Waals surface area contributed by atoms with Crippen molar-refractivity contribution in [3.05, 3.63) is 282 Å². The molecule has 0 saturated carbocycles. The van der Waals surface area contributed by atoms with Crippen LogP contribution >= 0.6 is 69.6 Å². The highest BCUT2D eigenvalue weighted by atomic mass is 35.5. The Morgan fingerprint density at radius 1 is 0.312 bits per heavy atom. The van der Waals surface area contributed by atoms with Gasteiger partial charge in [-0.05, 0) is 209 Å². The van der Waals surface area contributed by atoms with Crippen LogP contribution in [0.3, 0.4) is 0 Å². The lowest BCUT2D eigenvalue weighted by Gasteiger charge is -2.38. The molecule has 0 aromatic heterocycles. The molecule has 4 unspecified atom stereocenters. The van der Waals surface area contributed by atoms with Crippen LogP contribution in [-0.4, -0.2) is 128 Å². The Bertz CT molecular complexity index is 3790. The molecule has 12 rings (SSSR count). The number of likely N-dealkylation sites (N-methyl/N-ethyl adjacent to an activating group) is 3. The highest BCUT2D eigenvalue weighted by molar-refractivity contribution is 6.32. The van der Waals surface area contributed by atoms with Crippen LogP contribution in [0.25, 0.3) is 0 Å². The van der Waals surface area contributed by atoms with Gasteiger partial charge in [-0.3, -0.25) is 29.4 Å². The van der Waals surface area contributed by atoms with Gasteiger partial charge in [-0.1, -0.05) is 159 Å². The molecule has 3 fully saturated rings. The Labute approximate surface area is 591 Å². The molecule has 6 amide bonds. The Morgan fingerprint density at radius 2 is 0.500 bits per heavy atom. The summed E-state index contributed by atoms with van der Waals surface area (Å²) in [5.74, 6) is 0. The molecule has 9 aromatic carbocycles. The number of hydrogen-bond donors (Lipinski definition) is 3. The molecule has 498 valence electrons. The molecular weight excluding hydrogens is 1340 g/mol. The fraction of sp³-hybridized carbons (Fsp3) is 0.240. The zero-order valence-electron chi connectivity index (χ0n) is 54.5. The summed E-state index contributed by atoms with van der Waals surface area (Å²) in [6, 6.07) is 62.2. The number of hydrogen-bond acceptors (Lipinski definition) is 9. The predicted molar refractivity (Wildman–Crippen MR) is 392 cm³/mol. The summed E-state index contributed by atoms with van der Waals surface area (Å²) in [5, 5.41) is 40.6. The molecule has 3 saturated heterocycles. The molecule has 3 heterocycles. The second kappa shape index (κ2) is 29.6. The molecule has 15 nitrogen and oxygen atoms in total. The third-order valence-corrected chi connectivity index (χ3v) is 18.6. The van der Waals surface area contributed by atoms with Gasteiger partial charge in [0.15, 0.2) is 17.2 Å². The van der Waals surface area contributed by atoms with Crippen LogP contribution < -0.4 is 29.4 Å². The van der Waals surface area contributed by atoms with Gasteiger partial charge in [0.05, 0.1) is 0 Å². The van der Waals surface area contributed by atoms with E-state index in [2.05, 4.69) is 0 Å². The summed E-state index contributed by atoms with van der Waals surface area (Å²) < 4.78 is 0. The van der Waals surface area contributed by atoms with Gasteiger partial charge in [-0.15, -0.1) is 0 Å². The molecule has 3 aliphatic heterocycles. The average Bonchev–Trinajstić information content (AvgIpc) is 1.57. The van der Waals surface area contributed by atoms with Crippen LogP contribution in [0.1, 0.15) is 33.4 Å². The van der Waals surface area contributed by atoms with Gasteiger partial charge in [-0.25, -0.2) is 14.4 Å². The molecule has 0 aliphatic carbocycles. The lowest BCUT2D eigenvalue weighted by atomic mass is 9.92. The molecule has 3 aliphatic rings. The van der Waals surface area contributed by atoms with Crippen molar-refractivity contribution in [2.75, 3.05) is 91.3 Å². The summed E-state index contributed by atoms with van der Waals surface area (Å²) in [7, 11) is 11.5. The van der Waals surface area contributed by atoms with E-state index in [1.54, 1.807) is 160 Å². The van der Waals surface area contributed by atoms with Crippen LogP contribution in [0.2, 0.25) is 30.1 Å². The third kappa shape index (κ3) is 14.5. The first-order valence-electron chi connectivity index (χ1n) is 30.9. The van der Waals surface area contributed by atoms with Gasteiger partial charge in [0.25, 0.3) is 0 Å². The Morgan fingerprint density at radius 3 is 0.677 bits per heavy atom. The van der Waals surface area contributed by atoms with Crippen molar-refractivity contribution < 1.29 is 29.7 Å². The van der Waals surface area contributed by atoms with Crippen LogP contribution in [-0.2, 0) is 17.2 Å². The molecule has 0 radical (unpaired) electrons. The quantitative estimate of drug-likeness (QED) is 0.0915. The van der Waals surface area contributed by atoms with E-state index in [1.165, 1.54) is 14.7 Å². The first-order valence-corrected chi connectivity index (χ1v) is 33.2. The zero-order valence-corrected chi connectivity index (χ0v) is 59.0. The number of carbonyl (C=O) groups is 3. The van der Waals surface area contributed by atoms with Crippen LogP contribution in [0.5, 0.6) is 0 Å². The van der Waals surface area contributed by atoms with E-state index < -0.39 is 35.3 Å². The fourth-order valence-electron chi connectivity index (χ4n) is 12.8. The smallest absolute Gasteiger partial charge is 0.332 e. The second-order valence-corrected chi connectivity index (χ2v) is 27.6. The molecule has 96 heavy (non-hydrogen) atoms. The number of rotatable bonds is 15. The van der Waals surface area contributed by atoms with Crippen molar-refractivity contribution in [1.29, 1.82) is 0 Å². The summed E-state index contributed by atoms with van der Waals surface area (Å²) in [6.45, 7) is 7.20. The first-order chi connectivity index (χ1) is 45.6. The Hall–Kier alpha value is -7.71. The average molecular weight is 1410 g/mol. The number of aryl methyl sites for hydroxylation is 3. The molecular formula is C75H75Cl6N9O6. The van der Waals surface area contributed by atoms with E-state index in [1.807, 2.05) is 151 Å². The van der Waals surface area contributed by atoms with E-state index in [0.717, 1.165) is 16.7 Å². The summed E-state index contributed by atoms with van der Waals surface area (Å²) in [4.78, 5) is 57.1. The van der Waals surface area contributed by atoms with Crippen molar-refractivity contribution >= 4 is 122 Å². The van der Waals surface area contributed by atoms with Crippen LogP contribution in [0.4, 0.5) is 48.5 Å². The maximum absolute atomic E-state index is 13.9. The molecule has 3 N–H and O–H groups in total. The normalized spacial score (nSPS) is 21.0. The van der Waals surface area contributed by atoms with Crippen molar-refractivity contribution in [1.82, 2.24) is 14.7 Å². The molecule has 0 spiro atoms. The number of halogens is 6. The number of aliphatic hydroxyl groups is 3. The second-order valence-electron chi connectivity index (χ2n) is 24.9. The summed E-state index contributed by atoms with van der Waals surface area (Å²) in [6.07, 6.45) is 0. The maximum Gasteiger partial charge on any atom is 0.332 e. The minimum absolute atomic E-state index is 0.328. The number of carbonyl (C=O) groups excluding carboxylic acids is 3. The van der Waals surface area contributed by atoms with Gasteiger partial charge in [0.1, 0.15) is 18.1 Å². The van der Waals surface area contributed by atoms with Crippen LogP contribution in [0.15, 0.2) is 218 Å². The highest BCUT2D eigenvalue weighted by Gasteiger charge is 2.61. The minimum Gasteiger partial charge on any atom is -0.365 e. The fourth-order valence-corrected chi connectivity index (χ4v) is 13.5. The zero-order chi connectivity index (χ0) is 69.1. The van der Waals surface area contributed by atoms with Crippen molar-refractivity contribution in [3.63, 3.8) is 0 Å². The Kier molecular flexibility index (Phi) is 21.9. The molecule has 21 heteroatoms. The standard InChI is InChI=1S/3C25H25Cl2N3O2/c3*1-17-5-4-6-18(15-17)25(32)23(16-28(2)3)29(21-11-7-19(26)8-12-21)24(31)30(25)22-13-9-20(27)10-14-22/h3*4-15,23,32H,16H2,1-3H3/t2*23-,25?;/m10./s1. The molecule has 0 bridgehead atoms. The SMILES string of the molecule is Cc1cccc(C2(O)C(CN(C)C)N(c3ccc(Cl)cc3)C(=O)N2c2ccc(Cl)cc2)c1.Cc1cccc(C2(O)[C@@H](CN(C)C)N(c3ccc(Cl)cc3)C(=O)N2c2ccc(Cl)cc2)c1.Cc1cccc(C2(O)[C@H](CN(C)C)N(c3ccc(Cl)cc3)C(=O)N2c2ccc(Cl)cc2)c1. The van der Waals surface area contributed by atoms with Gasteiger partial charge >= 0.3 is 18.1 Å². The summed E-state index contributed by atoms with van der Waals surface area (Å²) in [5.41, 5.74) is 3.70. The number of amides is 6. The monoisotopic (exact) mass is 1410 g/mol. The first kappa shape index (κ1) is 71.1. The van der Waals surface area contributed by atoms with E-state index >= 15 is 0 Å². The lowest BCUT2D eigenvalue weighted by Crippen LogP contribution is -2.53. The van der Waals surface area contributed by atoms with Gasteiger partial charge in [0.2, 0.25) is 0 Å². The Balaban J connectivity index is 0.000000157. The minimum atomic E-state index is -1.62. The van der Waals surface area contributed by atoms with Crippen molar-refractivity contribution in [2.24, 2.45) is 0 Å². The number of anilines is 6. The summed E-state index contributed by atoms with van der Waals surface area (Å²) >= 11 is 36.6. The molecule has 6 atom stereocenters. The number of urea groups is 3. The van der Waals surface area contributed by atoms with Crippen molar-refractivity contribution in [3.8, 4) is 0 Å². The number of benzene rings is 9. The van der Waals surface area contributed by atoms with E-state index in [9.17, 15) is 29.7 Å². The van der Waals surface area contributed by atoms with Gasteiger partial charge in [0, 0.05) is 101 Å². The maximum atomic E-state index is 13.9. The highest BCUT2D eigenvalue weighted by Crippen LogP contribution is 2.49. The number of nitrogens with zero attached hydrogens (tertiary/aromatic N) is 9. The van der Waals surface area contributed by atoms with Gasteiger partial charge in [-0.2, -0.15) is 0 Å². The van der Waals surface area contributed by atoms with Crippen molar-refractivity contribution in [2.45, 2.75) is 56.1 Å². The van der Waals surface area contributed by atoms with E-state index in [4.69, 9.17) is 69.6 Å². The lowest BCUT2D eigenvalue weighted by molar-refractivity contribution is 0.0239. The van der Waals surface area contributed by atoms with E-state index in [0.29, 0.717) is 101 Å². The topological polar surface area (TPSA) is 141 Å². The third-order valence-electron chi connectivity index (χ3n) is 17.1.